The fraction of sp³-hybridized carbons (Fsp3) is 0.467. The maximum Gasteiger partial charge on any atom is 0.314 e. The predicted molar refractivity (Wildman–Crippen MR) is 86.6 cm³/mol. The van der Waals surface area contributed by atoms with Crippen LogP contribution in [0, 0.1) is 0 Å². The average molecular weight is 316 g/mol. The first-order valence-corrected chi connectivity index (χ1v) is 7.70. The molecule has 3 heterocycles. The number of nitrogens with zero attached hydrogens (tertiary/aromatic N) is 3. The summed E-state index contributed by atoms with van der Waals surface area (Å²) in [5.41, 5.74) is 6.70. The van der Waals surface area contributed by atoms with Crippen molar-refractivity contribution in [2.24, 2.45) is 0 Å². The van der Waals surface area contributed by atoms with Crippen LogP contribution in [0.5, 0.6) is 0 Å². The Morgan fingerprint density at radius 2 is 2.00 bits per heavy atom. The molecule has 122 valence electrons. The van der Waals surface area contributed by atoms with Gasteiger partial charge in [0.05, 0.1) is 29.0 Å². The van der Waals surface area contributed by atoms with Crippen molar-refractivity contribution in [3.05, 3.63) is 12.4 Å². The minimum absolute atomic E-state index is 0.0636. The molecule has 0 radical (unpaired) electrons. The summed E-state index contributed by atoms with van der Waals surface area (Å²) in [7, 11) is 0. The second kappa shape index (κ2) is 5.86. The number of carbonyl (C=O) groups is 2. The van der Waals surface area contributed by atoms with Gasteiger partial charge in [0.2, 0.25) is 0 Å². The maximum atomic E-state index is 12.5. The molecule has 4 N–H and O–H groups in total. The number of piperidine rings is 1. The van der Waals surface area contributed by atoms with Crippen molar-refractivity contribution in [3.63, 3.8) is 0 Å². The molecule has 23 heavy (non-hydrogen) atoms. The number of nitrogen functional groups attached to an aromatic ring is 1. The van der Waals surface area contributed by atoms with E-state index in [9.17, 15) is 9.59 Å². The largest absolute Gasteiger partial charge is 0.383 e. The summed E-state index contributed by atoms with van der Waals surface area (Å²) < 4.78 is 0. The number of amides is 2. The van der Waals surface area contributed by atoms with Gasteiger partial charge in [0.15, 0.2) is 0 Å². The SMILES string of the molecule is C[C@@H]1CCC[C@H](C)N1C(=O)C(=O)Nc1cnc(N)c2cn[nH]c12. The van der Waals surface area contributed by atoms with Crippen LogP contribution >= 0.6 is 0 Å². The summed E-state index contributed by atoms with van der Waals surface area (Å²) in [4.78, 5) is 30.5. The van der Waals surface area contributed by atoms with Crippen LogP contribution in [0.25, 0.3) is 10.9 Å². The number of aromatic nitrogens is 3. The molecule has 3 rings (SSSR count). The Morgan fingerprint density at radius 3 is 2.70 bits per heavy atom. The third-order valence-electron chi connectivity index (χ3n) is 4.39. The number of likely N-dealkylation sites (tertiary alicyclic amines) is 1. The Kier molecular flexibility index (Phi) is 3.89. The van der Waals surface area contributed by atoms with Gasteiger partial charge >= 0.3 is 11.8 Å². The van der Waals surface area contributed by atoms with E-state index in [2.05, 4.69) is 20.5 Å². The van der Waals surface area contributed by atoms with Crippen LogP contribution in [0.1, 0.15) is 33.1 Å². The second-order valence-electron chi connectivity index (χ2n) is 6.01. The van der Waals surface area contributed by atoms with Crippen molar-refractivity contribution in [2.75, 3.05) is 11.1 Å². The van der Waals surface area contributed by atoms with E-state index < -0.39 is 11.8 Å². The Bertz CT molecular complexity index is 746. The number of nitrogens with two attached hydrogens (primary N) is 1. The van der Waals surface area contributed by atoms with E-state index in [1.165, 1.54) is 12.4 Å². The molecule has 0 spiro atoms. The lowest BCUT2D eigenvalue weighted by molar-refractivity contribution is -0.147. The fourth-order valence-corrected chi connectivity index (χ4v) is 3.16. The van der Waals surface area contributed by atoms with E-state index in [0.717, 1.165) is 19.3 Å². The van der Waals surface area contributed by atoms with Gasteiger partial charge in [0.25, 0.3) is 0 Å². The molecule has 2 atom stereocenters. The highest BCUT2D eigenvalue weighted by Crippen LogP contribution is 2.25. The van der Waals surface area contributed by atoms with E-state index in [1.54, 1.807) is 4.90 Å². The molecule has 8 heteroatoms. The Hall–Kier alpha value is -2.64. The van der Waals surface area contributed by atoms with Gasteiger partial charge in [-0.25, -0.2) is 4.98 Å². The van der Waals surface area contributed by atoms with Gasteiger partial charge < -0.3 is 16.0 Å². The normalized spacial score (nSPS) is 21.4. The minimum atomic E-state index is -0.673. The lowest BCUT2D eigenvalue weighted by atomic mass is 9.97. The summed E-state index contributed by atoms with van der Waals surface area (Å²) >= 11 is 0. The van der Waals surface area contributed by atoms with Gasteiger partial charge in [-0.15, -0.1) is 0 Å². The highest BCUT2D eigenvalue weighted by atomic mass is 16.2. The third-order valence-corrected chi connectivity index (χ3v) is 4.39. The fourth-order valence-electron chi connectivity index (χ4n) is 3.16. The zero-order valence-corrected chi connectivity index (χ0v) is 13.2. The molecule has 1 aliphatic rings. The number of anilines is 2. The van der Waals surface area contributed by atoms with Crippen molar-refractivity contribution in [2.45, 2.75) is 45.2 Å². The molecule has 8 nitrogen and oxygen atoms in total. The number of hydrogen-bond acceptors (Lipinski definition) is 5. The van der Waals surface area contributed by atoms with Crippen LogP contribution in [0.15, 0.2) is 12.4 Å². The summed E-state index contributed by atoms with van der Waals surface area (Å²) in [6, 6.07) is 0.127. The van der Waals surface area contributed by atoms with Crippen molar-refractivity contribution >= 4 is 34.2 Å². The zero-order chi connectivity index (χ0) is 16.6. The molecule has 2 amide bonds. The smallest absolute Gasteiger partial charge is 0.314 e. The molecule has 1 saturated heterocycles. The van der Waals surface area contributed by atoms with Crippen LogP contribution in [0.2, 0.25) is 0 Å². The third kappa shape index (κ3) is 2.71. The van der Waals surface area contributed by atoms with Gasteiger partial charge in [-0.1, -0.05) is 0 Å². The molecule has 0 aliphatic carbocycles. The van der Waals surface area contributed by atoms with E-state index >= 15 is 0 Å². The first-order chi connectivity index (χ1) is 11.0. The number of H-pyrrole nitrogens is 1. The van der Waals surface area contributed by atoms with Gasteiger partial charge in [0, 0.05) is 12.1 Å². The average Bonchev–Trinajstić information content (AvgIpc) is 3.00. The number of hydrogen-bond donors (Lipinski definition) is 3. The quantitative estimate of drug-likeness (QED) is 0.685. The lowest BCUT2D eigenvalue weighted by Crippen LogP contribution is -2.51. The van der Waals surface area contributed by atoms with Crippen molar-refractivity contribution in [1.82, 2.24) is 20.1 Å². The highest BCUT2D eigenvalue weighted by molar-refractivity contribution is 6.40. The van der Waals surface area contributed by atoms with Gasteiger partial charge in [-0.3, -0.25) is 14.7 Å². The molecule has 1 fully saturated rings. The molecule has 0 unspecified atom stereocenters. The van der Waals surface area contributed by atoms with E-state index in [1.807, 2.05) is 13.8 Å². The Labute approximate surface area is 133 Å². The van der Waals surface area contributed by atoms with Crippen LogP contribution in [0.4, 0.5) is 11.5 Å². The summed E-state index contributed by atoms with van der Waals surface area (Å²) in [6.07, 6.45) is 5.85. The molecule has 0 saturated carbocycles. The van der Waals surface area contributed by atoms with Crippen molar-refractivity contribution < 1.29 is 9.59 Å². The number of pyridine rings is 1. The molecule has 0 bridgehead atoms. The molecule has 0 aromatic carbocycles. The number of fused-ring (bicyclic) bond motifs is 1. The summed E-state index contributed by atoms with van der Waals surface area (Å²) in [6.45, 7) is 3.94. The minimum Gasteiger partial charge on any atom is -0.383 e. The zero-order valence-electron chi connectivity index (χ0n) is 13.2. The Morgan fingerprint density at radius 1 is 1.30 bits per heavy atom. The van der Waals surface area contributed by atoms with Crippen molar-refractivity contribution in [3.8, 4) is 0 Å². The number of carbonyl (C=O) groups excluding carboxylic acids is 2. The molecule has 1 aliphatic heterocycles. The predicted octanol–water partition coefficient (Wildman–Crippen LogP) is 1.27. The van der Waals surface area contributed by atoms with E-state index in [4.69, 9.17) is 5.73 Å². The summed E-state index contributed by atoms with van der Waals surface area (Å²) in [5, 5.41) is 9.88. The van der Waals surface area contributed by atoms with Crippen LogP contribution < -0.4 is 11.1 Å². The monoisotopic (exact) mass is 316 g/mol. The molecule has 2 aromatic rings. The maximum absolute atomic E-state index is 12.5. The standard InChI is InChI=1S/C15H20N6O2/c1-8-4-3-5-9(2)21(8)15(23)14(22)19-11-7-17-13(16)10-6-18-20-12(10)11/h6-9H,3-5H2,1-2H3,(H2,16,17)(H,18,20)(H,19,22)/t8-,9+. The second-order valence-corrected chi connectivity index (χ2v) is 6.01. The van der Waals surface area contributed by atoms with E-state index in [0.29, 0.717) is 22.4 Å². The first-order valence-electron chi connectivity index (χ1n) is 7.70. The number of rotatable bonds is 1. The van der Waals surface area contributed by atoms with Crippen LogP contribution in [0.3, 0.4) is 0 Å². The van der Waals surface area contributed by atoms with Gasteiger partial charge in [-0.2, -0.15) is 5.10 Å². The number of nitrogens with one attached hydrogen (secondary N) is 2. The van der Waals surface area contributed by atoms with Crippen LogP contribution in [-0.4, -0.2) is 44.0 Å². The van der Waals surface area contributed by atoms with Gasteiger partial charge in [-0.05, 0) is 33.1 Å². The molecular formula is C15H20N6O2. The van der Waals surface area contributed by atoms with Crippen molar-refractivity contribution in [1.29, 1.82) is 0 Å². The van der Waals surface area contributed by atoms with E-state index in [-0.39, 0.29) is 12.1 Å². The molecule has 2 aromatic heterocycles. The Balaban J connectivity index is 1.81. The van der Waals surface area contributed by atoms with Gasteiger partial charge in [0.1, 0.15) is 5.82 Å². The topological polar surface area (TPSA) is 117 Å². The van der Waals surface area contributed by atoms with Crippen LogP contribution in [-0.2, 0) is 9.59 Å². The lowest BCUT2D eigenvalue weighted by Gasteiger charge is -2.38. The number of aromatic amines is 1. The first kappa shape index (κ1) is 15.3. The summed E-state index contributed by atoms with van der Waals surface area (Å²) in [5.74, 6) is -0.876. The molecular weight excluding hydrogens is 296 g/mol. The highest BCUT2D eigenvalue weighted by Gasteiger charge is 2.33.